The van der Waals surface area contributed by atoms with Crippen LogP contribution >= 0.6 is 0 Å². The Morgan fingerprint density at radius 3 is 2.81 bits per heavy atom. The average Bonchev–Trinajstić information content (AvgIpc) is 3.01. The van der Waals surface area contributed by atoms with Gasteiger partial charge in [-0.05, 0) is 51.6 Å². The maximum atomic E-state index is 13.4. The molecule has 2 N–H and O–H groups in total. The highest BCUT2D eigenvalue weighted by atomic mass is 19.1. The second-order valence-electron chi connectivity index (χ2n) is 6.86. The lowest BCUT2D eigenvalue weighted by Gasteiger charge is -2.17. The fraction of sp³-hybridized carbons (Fsp3) is 0.421. The summed E-state index contributed by atoms with van der Waals surface area (Å²) in [6.07, 6.45) is 2.56. The topological polar surface area (TPSA) is 79.3 Å². The first kappa shape index (κ1) is 19.0. The van der Waals surface area contributed by atoms with Crippen molar-refractivity contribution in [2.75, 3.05) is 32.5 Å². The van der Waals surface area contributed by atoms with Crippen molar-refractivity contribution in [3.63, 3.8) is 0 Å². The van der Waals surface area contributed by atoms with E-state index in [9.17, 15) is 14.0 Å². The quantitative estimate of drug-likeness (QED) is 0.811. The highest BCUT2D eigenvalue weighted by Crippen LogP contribution is 2.22. The molecule has 0 unspecified atom stereocenters. The van der Waals surface area contributed by atoms with E-state index in [0.717, 1.165) is 18.5 Å². The van der Waals surface area contributed by atoms with Crippen molar-refractivity contribution in [1.29, 1.82) is 0 Å². The number of imidazole rings is 1. The SMILES string of the molecule is CN(C)CCNC(=O)c1nc(C(=O)Nc2cccc(F)c2)c2n1CCCC2. The Morgan fingerprint density at radius 2 is 2.07 bits per heavy atom. The van der Waals surface area contributed by atoms with E-state index < -0.39 is 11.7 Å². The van der Waals surface area contributed by atoms with Gasteiger partial charge < -0.3 is 20.1 Å². The molecule has 0 aliphatic carbocycles. The van der Waals surface area contributed by atoms with E-state index in [1.165, 1.54) is 18.2 Å². The number of benzene rings is 1. The number of carbonyl (C=O) groups is 2. The number of hydrogen-bond acceptors (Lipinski definition) is 4. The van der Waals surface area contributed by atoms with Crippen LogP contribution in [0.1, 0.15) is 39.6 Å². The Hall–Kier alpha value is -2.74. The zero-order valence-electron chi connectivity index (χ0n) is 15.6. The lowest BCUT2D eigenvalue weighted by molar-refractivity contribution is 0.0935. The van der Waals surface area contributed by atoms with E-state index in [4.69, 9.17) is 0 Å². The minimum atomic E-state index is -0.432. The number of rotatable bonds is 6. The van der Waals surface area contributed by atoms with Gasteiger partial charge in [0.15, 0.2) is 11.5 Å². The lowest BCUT2D eigenvalue weighted by Crippen LogP contribution is -2.33. The van der Waals surface area contributed by atoms with E-state index in [0.29, 0.717) is 31.7 Å². The van der Waals surface area contributed by atoms with Gasteiger partial charge in [0.25, 0.3) is 11.8 Å². The predicted molar refractivity (Wildman–Crippen MR) is 100 cm³/mol. The van der Waals surface area contributed by atoms with Crippen LogP contribution in [0.5, 0.6) is 0 Å². The molecule has 7 nitrogen and oxygen atoms in total. The molecule has 0 saturated heterocycles. The highest BCUT2D eigenvalue weighted by Gasteiger charge is 2.27. The summed E-state index contributed by atoms with van der Waals surface area (Å²) < 4.78 is 15.2. The van der Waals surface area contributed by atoms with E-state index in [1.54, 1.807) is 6.07 Å². The molecule has 0 radical (unpaired) electrons. The van der Waals surface area contributed by atoms with Crippen LogP contribution in [0.25, 0.3) is 0 Å². The molecule has 1 aliphatic heterocycles. The molecule has 1 aliphatic rings. The third kappa shape index (κ3) is 4.51. The number of nitrogens with zero attached hydrogens (tertiary/aromatic N) is 3. The molecule has 3 rings (SSSR count). The molecule has 144 valence electrons. The standard InChI is InChI=1S/C19H24FN5O2/c1-24(2)11-9-21-19(27)17-23-16(15-8-3-4-10-25(15)17)18(26)22-14-7-5-6-13(20)12-14/h5-7,12H,3-4,8-11H2,1-2H3,(H,21,27)(H,22,26). The summed E-state index contributed by atoms with van der Waals surface area (Å²) in [6, 6.07) is 5.69. The maximum absolute atomic E-state index is 13.4. The van der Waals surface area contributed by atoms with Gasteiger partial charge in [0.1, 0.15) is 5.82 Å². The monoisotopic (exact) mass is 373 g/mol. The molecule has 0 saturated carbocycles. The minimum absolute atomic E-state index is 0.233. The summed E-state index contributed by atoms with van der Waals surface area (Å²) in [5, 5.41) is 5.51. The molecule has 1 aromatic carbocycles. The highest BCUT2D eigenvalue weighted by molar-refractivity contribution is 6.05. The van der Waals surface area contributed by atoms with Gasteiger partial charge in [0.2, 0.25) is 0 Å². The van der Waals surface area contributed by atoms with E-state index in [-0.39, 0.29) is 17.4 Å². The summed E-state index contributed by atoms with van der Waals surface area (Å²) in [4.78, 5) is 31.5. The Kier molecular flexibility index (Phi) is 5.85. The molecule has 27 heavy (non-hydrogen) atoms. The van der Waals surface area contributed by atoms with Crippen molar-refractivity contribution in [2.24, 2.45) is 0 Å². The zero-order valence-corrected chi connectivity index (χ0v) is 15.6. The number of amides is 2. The molecule has 2 aromatic rings. The second kappa shape index (κ2) is 8.30. The van der Waals surface area contributed by atoms with Crippen LogP contribution in [-0.2, 0) is 13.0 Å². The molecule has 0 bridgehead atoms. The Labute approximate surface area is 157 Å². The number of carbonyl (C=O) groups excluding carboxylic acids is 2. The molecule has 8 heteroatoms. The fourth-order valence-corrected chi connectivity index (χ4v) is 3.13. The number of anilines is 1. The van der Waals surface area contributed by atoms with Crippen molar-refractivity contribution in [2.45, 2.75) is 25.8 Å². The number of fused-ring (bicyclic) bond motifs is 1. The summed E-state index contributed by atoms with van der Waals surface area (Å²) in [5.41, 5.74) is 1.35. The minimum Gasteiger partial charge on any atom is -0.348 e. The number of aromatic nitrogens is 2. The van der Waals surface area contributed by atoms with Gasteiger partial charge in [0, 0.05) is 25.3 Å². The molecule has 1 aromatic heterocycles. The molecule has 0 atom stereocenters. The molecule has 0 spiro atoms. The number of hydrogen-bond donors (Lipinski definition) is 2. The summed E-state index contributed by atoms with van der Waals surface area (Å²) >= 11 is 0. The zero-order chi connectivity index (χ0) is 19.4. The van der Waals surface area contributed by atoms with Gasteiger partial charge in [-0.15, -0.1) is 0 Å². The average molecular weight is 373 g/mol. The van der Waals surface area contributed by atoms with Gasteiger partial charge in [0.05, 0.1) is 5.69 Å². The van der Waals surface area contributed by atoms with Crippen molar-refractivity contribution >= 4 is 17.5 Å². The molecule has 2 heterocycles. The second-order valence-corrected chi connectivity index (χ2v) is 6.86. The van der Waals surface area contributed by atoms with Crippen molar-refractivity contribution in [1.82, 2.24) is 19.8 Å². The fourth-order valence-electron chi connectivity index (χ4n) is 3.13. The van der Waals surface area contributed by atoms with Crippen LogP contribution in [0.4, 0.5) is 10.1 Å². The van der Waals surface area contributed by atoms with Crippen molar-refractivity contribution < 1.29 is 14.0 Å². The summed E-state index contributed by atoms with van der Waals surface area (Å²) in [6.45, 7) is 1.87. The summed E-state index contributed by atoms with van der Waals surface area (Å²) in [7, 11) is 3.86. The van der Waals surface area contributed by atoms with Crippen LogP contribution in [-0.4, -0.2) is 53.5 Å². The Balaban J connectivity index is 1.82. The Morgan fingerprint density at radius 1 is 1.26 bits per heavy atom. The van der Waals surface area contributed by atoms with Gasteiger partial charge >= 0.3 is 0 Å². The van der Waals surface area contributed by atoms with Gasteiger partial charge in [-0.25, -0.2) is 9.37 Å². The van der Waals surface area contributed by atoms with E-state index >= 15 is 0 Å². The number of likely N-dealkylation sites (N-methyl/N-ethyl adjacent to an activating group) is 1. The van der Waals surface area contributed by atoms with Crippen molar-refractivity contribution in [3.8, 4) is 0 Å². The molecular weight excluding hydrogens is 349 g/mol. The third-order valence-electron chi connectivity index (χ3n) is 4.46. The van der Waals surface area contributed by atoms with Gasteiger partial charge in [-0.3, -0.25) is 9.59 Å². The van der Waals surface area contributed by atoms with Crippen LogP contribution in [0.2, 0.25) is 0 Å². The van der Waals surface area contributed by atoms with Crippen LogP contribution in [0.15, 0.2) is 24.3 Å². The first-order valence-electron chi connectivity index (χ1n) is 9.05. The number of nitrogens with one attached hydrogen (secondary N) is 2. The van der Waals surface area contributed by atoms with Crippen LogP contribution in [0, 0.1) is 5.82 Å². The number of halogens is 1. The third-order valence-corrected chi connectivity index (χ3v) is 4.46. The largest absolute Gasteiger partial charge is 0.348 e. The predicted octanol–water partition coefficient (Wildman–Crippen LogP) is 1.90. The smallest absolute Gasteiger partial charge is 0.287 e. The Bertz CT molecular complexity index is 847. The first-order chi connectivity index (χ1) is 13.0. The lowest BCUT2D eigenvalue weighted by atomic mass is 10.1. The molecular formula is C19H24FN5O2. The molecule has 0 fully saturated rings. The normalized spacial score (nSPS) is 13.3. The first-order valence-corrected chi connectivity index (χ1v) is 9.05. The van der Waals surface area contributed by atoms with Crippen LogP contribution in [0.3, 0.4) is 0 Å². The van der Waals surface area contributed by atoms with Gasteiger partial charge in [-0.1, -0.05) is 6.07 Å². The van der Waals surface area contributed by atoms with Crippen molar-refractivity contribution in [3.05, 3.63) is 47.3 Å². The van der Waals surface area contributed by atoms with E-state index in [2.05, 4.69) is 15.6 Å². The van der Waals surface area contributed by atoms with Gasteiger partial charge in [-0.2, -0.15) is 0 Å². The van der Waals surface area contributed by atoms with E-state index in [1.807, 2.05) is 23.6 Å². The van der Waals surface area contributed by atoms with Crippen LogP contribution < -0.4 is 10.6 Å². The summed E-state index contributed by atoms with van der Waals surface area (Å²) in [5.74, 6) is -0.892. The molecule has 2 amide bonds. The maximum Gasteiger partial charge on any atom is 0.287 e.